The van der Waals surface area contributed by atoms with Gasteiger partial charge in [-0.25, -0.2) is 4.98 Å². The predicted molar refractivity (Wildman–Crippen MR) is 81.8 cm³/mol. The number of likely N-dealkylation sites (tertiary alicyclic amines) is 1. The van der Waals surface area contributed by atoms with Gasteiger partial charge in [-0.05, 0) is 31.6 Å². The van der Waals surface area contributed by atoms with Crippen molar-refractivity contribution < 1.29 is 4.79 Å². The number of piperidine rings is 1. The second-order valence-corrected chi connectivity index (χ2v) is 7.23. The first-order chi connectivity index (χ1) is 9.75. The van der Waals surface area contributed by atoms with Gasteiger partial charge < -0.3 is 4.90 Å². The fourth-order valence-corrected chi connectivity index (χ4v) is 4.54. The van der Waals surface area contributed by atoms with E-state index in [0.717, 1.165) is 25.9 Å². The van der Waals surface area contributed by atoms with Crippen LogP contribution in [0.15, 0.2) is 11.6 Å². The second-order valence-electron chi connectivity index (χ2n) is 6.30. The normalized spacial score (nSPS) is 23.1. The number of rotatable bonds is 3. The van der Waals surface area contributed by atoms with Gasteiger partial charge in [-0.3, -0.25) is 4.79 Å². The van der Waals surface area contributed by atoms with Gasteiger partial charge in [0.1, 0.15) is 0 Å². The molecule has 0 spiro atoms. The minimum Gasteiger partial charge on any atom is -0.342 e. The number of thiazole rings is 1. The van der Waals surface area contributed by atoms with E-state index in [0.29, 0.717) is 17.7 Å². The Hall–Kier alpha value is -0.900. The molecule has 3 rings (SSSR count). The molecule has 20 heavy (non-hydrogen) atoms. The molecule has 1 unspecified atom stereocenters. The van der Waals surface area contributed by atoms with Crippen molar-refractivity contribution >= 4 is 17.2 Å². The van der Waals surface area contributed by atoms with Gasteiger partial charge in [0.05, 0.1) is 5.01 Å². The lowest BCUT2D eigenvalue weighted by Gasteiger charge is -2.34. The van der Waals surface area contributed by atoms with Crippen LogP contribution in [0, 0.1) is 11.8 Å². The van der Waals surface area contributed by atoms with Crippen LogP contribution < -0.4 is 0 Å². The van der Waals surface area contributed by atoms with Crippen LogP contribution in [0.5, 0.6) is 0 Å². The van der Waals surface area contributed by atoms with Crippen molar-refractivity contribution in [2.75, 3.05) is 13.1 Å². The fraction of sp³-hybridized carbons (Fsp3) is 0.750. The van der Waals surface area contributed by atoms with E-state index in [1.807, 2.05) is 6.20 Å². The molecule has 1 aromatic heterocycles. The van der Waals surface area contributed by atoms with E-state index in [1.54, 1.807) is 11.3 Å². The molecular formula is C16H24N2OS. The summed E-state index contributed by atoms with van der Waals surface area (Å²) in [4.78, 5) is 19.1. The molecule has 4 heteroatoms. The highest BCUT2D eigenvalue weighted by atomic mass is 32.1. The maximum absolute atomic E-state index is 12.6. The summed E-state index contributed by atoms with van der Waals surface area (Å²) in [5.74, 6) is 1.84. The van der Waals surface area contributed by atoms with E-state index in [1.165, 1.54) is 30.7 Å². The third kappa shape index (κ3) is 2.90. The van der Waals surface area contributed by atoms with E-state index >= 15 is 0 Å². The molecule has 2 aliphatic rings. The van der Waals surface area contributed by atoms with Gasteiger partial charge in [0, 0.05) is 36.5 Å². The summed E-state index contributed by atoms with van der Waals surface area (Å²) < 4.78 is 0. The summed E-state index contributed by atoms with van der Waals surface area (Å²) in [6.07, 6.45) is 9.18. The van der Waals surface area contributed by atoms with Gasteiger partial charge in [0.2, 0.25) is 5.91 Å². The average Bonchev–Trinajstić information content (AvgIpc) is 3.18. The molecule has 1 aromatic rings. The molecule has 110 valence electrons. The van der Waals surface area contributed by atoms with Crippen LogP contribution in [-0.2, 0) is 4.79 Å². The minimum absolute atomic E-state index is 0.230. The van der Waals surface area contributed by atoms with Gasteiger partial charge in [-0.1, -0.05) is 19.8 Å². The van der Waals surface area contributed by atoms with Crippen molar-refractivity contribution in [3.63, 3.8) is 0 Å². The number of aromatic nitrogens is 1. The van der Waals surface area contributed by atoms with Crippen LogP contribution in [0.1, 0.15) is 56.4 Å². The number of hydrogen-bond donors (Lipinski definition) is 0. The summed E-state index contributed by atoms with van der Waals surface area (Å²) in [7, 11) is 0. The van der Waals surface area contributed by atoms with E-state index in [-0.39, 0.29) is 5.92 Å². The zero-order valence-electron chi connectivity index (χ0n) is 12.3. The Morgan fingerprint density at radius 2 is 2.00 bits per heavy atom. The monoisotopic (exact) mass is 292 g/mol. The van der Waals surface area contributed by atoms with Crippen LogP contribution in [-0.4, -0.2) is 28.9 Å². The first-order valence-corrected chi connectivity index (χ1v) is 8.82. The number of amides is 1. The predicted octanol–water partition coefficient (Wildman–Crippen LogP) is 3.68. The molecule has 1 atom stereocenters. The Kier molecular flexibility index (Phi) is 4.39. The molecule has 0 radical (unpaired) electrons. The Labute approximate surface area is 125 Å². The van der Waals surface area contributed by atoms with Gasteiger partial charge in [0.15, 0.2) is 0 Å². The number of hydrogen-bond acceptors (Lipinski definition) is 3. The van der Waals surface area contributed by atoms with Crippen molar-refractivity contribution in [2.24, 2.45) is 11.8 Å². The number of nitrogens with zero attached hydrogens (tertiary/aromatic N) is 2. The molecule has 0 aromatic carbocycles. The van der Waals surface area contributed by atoms with Gasteiger partial charge in [-0.15, -0.1) is 11.3 Å². The fourth-order valence-electron chi connectivity index (χ4n) is 3.73. The standard InChI is InChI=1S/C16H24N2OS/c1-12(13-4-2-3-5-13)16(19)18-9-6-14(7-10-18)15-17-8-11-20-15/h8,11-14H,2-7,9-10H2,1H3. The van der Waals surface area contributed by atoms with Gasteiger partial charge in [-0.2, -0.15) is 0 Å². The van der Waals surface area contributed by atoms with Crippen molar-refractivity contribution in [1.29, 1.82) is 0 Å². The molecule has 0 N–H and O–H groups in total. The summed E-state index contributed by atoms with van der Waals surface area (Å²) in [5, 5.41) is 3.30. The van der Waals surface area contributed by atoms with Crippen molar-refractivity contribution in [2.45, 2.75) is 51.4 Å². The van der Waals surface area contributed by atoms with Crippen LogP contribution >= 0.6 is 11.3 Å². The third-order valence-corrected chi connectivity index (χ3v) is 6.04. The third-order valence-electron chi connectivity index (χ3n) is 5.10. The zero-order chi connectivity index (χ0) is 13.9. The zero-order valence-corrected chi connectivity index (χ0v) is 13.1. The SMILES string of the molecule is CC(C(=O)N1CCC(c2nccs2)CC1)C1CCCC1. The lowest BCUT2D eigenvalue weighted by atomic mass is 9.89. The van der Waals surface area contributed by atoms with Crippen LogP contribution in [0.4, 0.5) is 0 Å². The molecule has 1 saturated carbocycles. The molecule has 1 amide bonds. The highest BCUT2D eigenvalue weighted by Gasteiger charge is 2.32. The summed E-state index contributed by atoms with van der Waals surface area (Å²) in [5.41, 5.74) is 0. The smallest absolute Gasteiger partial charge is 0.225 e. The first-order valence-electron chi connectivity index (χ1n) is 7.94. The molecule has 1 saturated heterocycles. The van der Waals surface area contributed by atoms with Crippen LogP contribution in [0.2, 0.25) is 0 Å². The maximum Gasteiger partial charge on any atom is 0.225 e. The number of carbonyl (C=O) groups excluding carboxylic acids is 1. The van der Waals surface area contributed by atoms with Gasteiger partial charge >= 0.3 is 0 Å². The Morgan fingerprint density at radius 3 is 2.60 bits per heavy atom. The Morgan fingerprint density at radius 1 is 1.30 bits per heavy atom. The van der Waals surface area contributed by atoms with E-state index < -0.39 is 0 Å². The molecule has 1 aliphatic carbocycles. The molecule has 0 bridgehead atoms. The average molecular weight is 292 g/mol. The lowest BCUT2D eigenvalue weighted by molar-refractivity contribution is -0.137. The van der Waals surface area contributed by atoms with Crippen LogP contribution in [0.3, 0.4) is 0 Å². The molecule has 3 nitrogen and oxygen atoms in total. The van der Waals surface area contributed by atoms with Crippen molar-refractivity contribution in [3.8, 4) is 0 Å². The highest BCUT2D eigenvalue weighted by Crippen LogP contribution is 2.34. The maximum atomic E-state index is 12.6. The topological polar surface area (TPSA) is 33.2 Å². The van der Waals surface area contributed by atoms with Crippen LogP contribution in [0.25, 0.3) is 0 Å². The highest BCUT2D eigenvalue weighted by molar-refractivity contribution is 7.09. The lowest BCUT2D eigenvalue weighted by Crippen LogP contribution is -2.42. The Bertz CT molecular complexity index is 431. The van der Waals surface area contributed by atoms with E-state index in [2.05, 4.69) is 22.2 Å². The van der Waals surface area contributed by atoms with Crippen molar-refractivity contribution in [1.82, 2.24) is 9.88 Å². The number of carbonyl (C=O) groups is 1. The molecule has 1 aliphatic heterocycles. The summed E-state index contributed by atoms with van der Waals surface area (Å²) in [6.45, 7) is 3.98. The first kappa shape index (κ1) is 14.1. The van der Waals surface area contributed by atoms with E-state index in [9.17, 15) is 4.79 Å². The minimum atomic E-state index is 0.230. The summed E-state index contributed by atoms with van der Waals surface area (Å²) in [6, 6.07) is 0. The second kappa shape index (κ2) is 6.25. The van der Waals surface area contributed by atoms with Crippen molar-refractivity contribution in [3.05, 3.63) is 16.6 Å². The van der Waals surface area contributed by atoms with E-state index in [4.69, 9.17) is 0 Å². The Balaban J connectivity index is 1.53. The van der Waals surface area contributed by atoms with Gasteiger partial charge in [0.25, 0.3) is 0 Å². The quantitative estimate of drug-likeness (QED) is 0.851. The summed E-state index contributed by atoms with van der Waals surface area (Å²) >= 11 is 1.75. The largest absolute Gasteiger partial charge is 0.342 e. The molecule has 2 fully saturated rings. The molecular weight excluding hydrogens is 268 g/mol. The molecule has 2 heterocycles.